The molecule has 0 aliphatic heterocycles. The molecule has 2 N–H and O–H groups in total. The standard InChI is InChI=1S/C9H11BO4/c11-9(12)6-3-7-1-4-8(5-2-7)14-10-13/h1-2,4-5,10,13H,3,6H2,(H,11,12). The molecule has 0 aliphatic carbocycles. The molecule has 0 unspecified atom stereocenters. The van der Waals surface area contributed by atoms with Gasteiger partial charge < -0.3 is 14.8 Å². The summed E-state index contributed by atoms with van der Waals surface area (Å²) in [6, 6.07) is 6.97. The Labute approximate surface area is 82.4 Å². The molecule has 0 saturated carbocycles. The van der Waals surface area contributed by atoms with Gasteiger partial charge in [-0.25, -0.2) is 0 Å². The van der Waals surface area contributed by atoms with Crippen LogP contribution in [-0.2, 0) is 11.2 Å². The summed E-state index contributed by atoms with van der Waals surface area (Å²) >= 11 is 0. The molecular formula is C9H11BO4. The van der Waals surface area contributed by atoms with E-state index in [1.54, 1.807) is 24.3 Å². The smallest absolute Gasteiger partial charge is 0.504 e. The molecule has 0 spiro atoms. The maximum atomic E-state index is 10.3. The summed E-state index contributed by atoms with van der Waals surface area (Å²) in [6.07, 6.45) is 0.634. The minimum Gasteiger partial charge on any atom is -0.539 e. The first-order valence-electron chi connectivity index (χ1n) is 4.27. The van der Waals surface area contributed by atoms with Gasteiger partial charge in [0.25, 0.3) is 0 Å². The highest BCUT2D eigenvalue weighted by molar-refractivity contribution is 6.17. The summed E-state index contributed by atoms with van der Waals surface area (Å²) in [5, 5.41) is 16.9. The number of hydrogen-bond donors (Lipinski definition) is 2. The minimum atomic E-state index is -0.805. The molecule has 1 aromatic rings. The second kappa shape index (κ2) is 5.29. The zero-order valence-corrected chi connectivity index (χ0v) is 7.64. The average molecular weight is 194 g/mol. The van der Waals surface area contributed by atoms with Gasteiger partial charge >= 0.3 is 13.7 Å². The van der Waals surface area contributed by atoms with Crippen molar-refractivity contribution in [1.29, 1.82) is 0 Å². The summed E-state index contributed by atoms with van der Waals surface area (Å²) in [4.78, 5) is 10.3. The van der Waals surface area contributed by atoms with E-state index < -0.39 is 5.97 Å². The molecule has 0 aliphatic rings. The fourth-order valence-electron chi connectivity index (χ4n) is 1.08. The van der Waals surface area contributed by atoms with Crippen LogP contribution in [-0.4, -0.2) is 23.8 Å². The van der Waals surface area contributed by atoms with Crippen molar-refractivity contribution in [3.05, 3.63) is 29.8 Å². The zero-order chi connectivity index (χ0) is 10.4. The zero-order valence-electron chi connectivity index (χ0n) is 7.64. The maximum absolute atomic E-state index is 10.3. The average Bonchev–Trinajstić information content (AvgIpc) is 2.17. The van der Waals surface area contributed by atoms with Gasteiger partial charge in [0.1, 0.15) is 5.75 Å². The molecule has 4 nitrogen and oxygen atoms in total. The first kappa shape index (κ1) is 10.6. The Morgan fingerprint density at radius 3 is 2.50 bits per heavy atom. The lowest BCUT2D eigenvalue weighted by atomic mass is 10.1. The molecule has 0 atom stereocenters. The van der Waals surface area contributed by atoms with Gasteiger partial charge in [0, 0.05) is 6.42 Å². The molecule has 5 heteroatoms. The van der Waals surface area contributed by atoms with Crippen molar-refractivity contribution in [2.24, 2.45) is 0 Å². The van der Waals surface area contributed by atoms with Gasteiger partial charge in [0.15, 0.2) is 0 Å². The van der Waals surface area contributed by atoms with E-state index in [0.29, 0.717) is 12.2 Å². The van der Waals surface area contributed by atoms with Crippen LogP contribution in [0, 0.1) is 0 Å². The van der Waals surface area contributed by atoms with Crippen molar-refractivity contribution in [1.82, 2.24) is 0 Å². The van der Waals surface area contributed by atoms with Gasteiger partial charge in [-0.3, -0.25) is 4.79 Å². The number of carbonyl (C=O) groups is 1. The highest BCUT2D eigenvalue weighted by atomic mass is 16.5. The van der Waals surface area contributed by atoms with Gasteiger partial charge in [0.05, 0.1) is 0 Å². The predicted molar refractivity (Wildman–Crippen MR) is 52.4 cm³/mol. The van der Waals surface area contributed by atoms with E-state index in [0.717, 1.165) is 5.56 Å². The van der Waals surface area contributed by atoms with Crippen molar-refractivity contribution >= 4 is 13.7 Å². The molecule has 0 aromatic heterocycles. The van der Waals surface area contributed by atoms with E-state index in [9.17, 15) is 4.79 Å². The Bertz CT molecular complexity index is 296. The maximum Gasteiger partial charge on any atom is 0.504 e. The topological polar surface area (TPSA) is 66.8 Å². The van der Waals surface area contributed by atoms with Crippen molar-refractivity contribution in [2.75, 3.05) is 0 Å². The quantitative estimate of drug-likeness (QED) is 0.663. The Hall–Kier alpha value is -1.49. The number of rotatable bonds is 5. The lowest BCUT2D eigenvalue weighted by Gasteiger charge is -2.03. The van der Waals surface area contributed by atoms with E-state index >= 15 is 0 Å². The van der Waals surface area contributed by atoms with E-state index in [-0.39, 0.29) is 14.1 Å². The van der Waals surface area contributed by atoms with E-state index in [1.165, 1.54) is 0 Å². The van der Waals surface area contributed by atoms with E-state index in [2.05, 4.69) is 0 Å². The van der Waals surface area contributed by atoms with Crippen molar-refractivity contribution in [2.45, 2.75) is 12.8 Å². The van der Waals surface area contributed by atoms with Crippen LogP contribution >= 0.6 is 0 Å². The fourth-order valence-corrected chi connectivity index (χ4v) is 1.08. The molecule has 14 heavy (non-hydrogen) atoms. The molecule has 1 rings (SSSR count). The highest BCUT2D eigenvalue weighted by Crippen LogP contribution is 2.12. The molecular weight excluding hydrogens is 183 g/mol. The summed E-state index contributed by atoms with van der Waals surface area (Å²) in [7, 11) is -0.353. The summed E-state index contributed by atoms with van der Waals surface area (Å²) < 4.78 is 4.83. The molecule has 0 amide bonds. The van der Waals surface area contributed by atoms with Crippen LogP contribution in [0.2, 0.25) is 0 Å². The number of aliphatic carboxylic acids is 1. The lowest BCUT2D eigenvalue weighted by molar-refractivity contribution is -0.136. The largest absolute Gasteiger partial charge is 0.539 e. The predicted octanol–water partition coefficient (Wildman–Crippen LogP) is 0.341. The number of benzene rings is 1. The molecule has 1 aromatic carbocycles. The number of carboxylic acid groups (broad SMARTS) is 1. The van der Waals surface area contributed by atoms with Crippen molar-refractivity contribution in [3.63, 3.8) is 0 Å². The molecule has 0 heterocycles. The van der Waals surface area contributed by atoms with Crippen molar-refractivity contribution < 1.29 is 19.6 Å². The van der Waals surface area contributed by atoms with E-state index in [1.807, 2.05) is 0 Å². The van der Waals surface area contributed by atoms with Crippen LogP contribution in [0.25, 0.3) is 0 Å². The van der Waals surface area contributed by atoms with Gasteiger partial charge in [-0.15, -0.1) is 0 Å². The van der Waals surface area contributed by atoms with Crippen molar-refractivity contribution in [3.8, 4) is 5.75 Å². The van der Waals surface area contributed by atoms with Crippen LogP contribution in [0.5, 0.6) is 5.75 Å². The van der Waals surface area contributed by atoms with Gasteiger partial charge in [-0.05, 0) is 24.1 Å². The Morgan fingerprint density at radius 1 is 1.36 bits per heavy atom. The Kier molecular flexibility index (Phi) is 4.00. The third-order valence-electron chi connectivity index (χ3n) is 1.78. The Morgan fingerprint density at radius 2 is 2.00 bits per heavy atom. The number of hydrogen-bond acceptors (Lipinski definition) is 3. The van der Waals surface area contributed by atoms with Crippen LogP contribution in [0.15, 0.2) is 24.3 Å². The van der Waals surface area contributed by atoms with E-state index in [4.69, 9.17) is 14.8 Å². The normalized spacial score (nSPS) is 9.50. The highest BCUT2D eigenvalue weighted by Gasteiger charge is 1.99. The van der Waals surface area contributed by atoms with Crippen LogP contribution in [0.1, 0.15) is 12.0 Å². The molecule has 0 saturated heterocycles. The number of aryl methyl sites for hydroxylation is 1. The summed E-state index contributed by atoms with van der Waals surface area (Å²) in [5.74, 6) is -0.229. The molecule has 74 valence electrons. The second-order valence-corrected chi connectivity index (χ2v) is 2.81. The monoisotopic (exact) mass is 194 g/mol. The first-order chi connectivity index (χ1) is 6.72. The third-order valence-corrected chi connectivity index (χ3v) is 1.78. The summed E-state index contributed by atoms with van der Waals surface area (Å²) in [5.41, 5.74) is 0.942. The molecule has 0 fully saturated rings. The first-order valence-corrected chi connectivity index (χ1v) is 4.27. The lowest BCUT2D eigenvalue weighted by Crippen LogP contribution is -2.00. The second-order valence-electron chi connectivity index (χ2n) is 2.81. The Balaban J connectivity index is 2.50. The minimum absolute atomic E-state index is 0.125. The van der Waals surface area contributed by atoms with Gasteiger partial charge in [0.2, 0.25) is 0 Å². The third kappa shape index (κ3) is 3.49. The molecule has 0 bridgehead atoms. The van der Waals surface area contributed by atoms with Crippen LogP contribution < -0.4 is 4.65 Å². The van der Waals surface area contributed by atoms with Crippen LogP contribution in [0.4, 0.5) is 0 Å². The summed E-state index contributed by atoms with van der Waals surface area (Å²) in [6.45, 7) is 0. The number of carboxylic acids is 1. The fraction of sp³-hybridized carbons (Fsp3) is 0.222. The van der Waals surface area contributed by atoms with Crippen LogP contribution in [0.3, 0.4) is 0 Å². The van der Waals surface area contributed by atoms with Gasteiger partial charge in [-0.2, -0.15) is 0 Å². The SMILES string of the molecule is O=C(O)CCc1ccc(OBO)cc1. The molecule has 0 radical (unpaired) electrons. The van der Waals surface area contributed by atoms with Gasteiger partial charge in [-0.1, -0.05) is 12.1 Å².